The second-order valence-corrected chi connectivity index (χ2v) is 9.46. The van der Waals surface area contributed by atoms with E-state index in [4.69, 9.17) is 15.2 Å². The lowest BCUT2D eigenvalue weighted by Crippen LogP contribution is -2.57. The minimum absolute atomic E-state index is 0.0297. The molecule has 37 heavy (non-hydrogen) atoms. The molecule has 198 valence electrons. The molecule has 1 saturated carbocycles. The third kappa shape index (κ3) is 6.51. The zero-order chi connectivity index (χ0) is 26.4. The number of nitrogens with zero attached hydrogens (tertiary/aromatic N) is 2. The number of benzene rings is 2. The van der Waals surface area contributed by atoms with Crippen LogP contribution in [0.25, 0.3) is 0 Å². The molecule has 2 aromatic rings. The van der Waals surface area contributed by atoms with Gasteiger partial charge in [-0.2, -0.15) is 0 Å². The first kappa shape index (κ1) is 26.3. The van der Waals surface area contributed by atoms with Crippen LogP contribution >= 0.6 is 0 Å². The Hall–Kier alpha value is -3.79. The number of anilines is 1. The summed E-state index contributed by atoms with van der Waals surface area (Å²) in [5, 5.41) is 5.90. The SMILES string of the molecule is COc1ccc(CC(=O)N2CCN(C(=O)Nc3ccc(OC)cc3)C2C(=O)NC2CCC(N)CC2)cc1. The first-order valence-electron chi connectivity index (χ1n) is 12.6. The van der Waals surface area contributed by atoms with Crippen LogP contribution in [0.5, 0.6) is 11.5 Å². The molecule has 0 radical (unpaired) electrons. The van der Waals surface area contributed by atoms with Gasteiger partial charge in [0.05, 0.1) is 20.6 Å². The van der Waals surface area contributed by atoms with E-state index in [-0.39, 0.29) is 43.4 Å². The van der Waals surface area contributed by atoms with Gasteiger partial charge in [0.1, 0.15) is 11.5 Å². The summed E-state index contributed by atoms with van der Waals surface area (Å²) < 4.78 is 10.4. The van der Waals surface area contributed by atoms with Crippen LogP contribution in [0.4, 0.5) is 10.5 Å². The van der Waals surface area contributed by atoms with Crippen molar-refractivity contribution in [2.24, 2.45) is 5.73 Å². The van der Waals surface area contributed by atoms with Crippen LogP contribution in [0.3, 0.4) is 0 Å². The summed E-state index contributed by atoms with van der Waals surface area (Å²) in [5.74, 6) is 0.781. The quantitative estimate of drug-likeness (QED) is 0.526. The highest BCUT2D eigenvalue weighted by molar-refractivity contribution is 5.96. The lowest BCUT2D eigenvalue weighted by atomic mass is 9.92. The predicted molar refractivity (Wildman–Crippen MR) is 139 cm³/mol. The number of hydrogen-bond donors (Lipinski definition) is 3. The van der Waals surface area contributed by atoms with Gasteiger partial charge in [-0.3, -0.25) is 14.5 Å². The molecule has 4 rings (SSSR count). The van der Waals surface area contributed by atoms with Crippen LogP contribution in [-0.4, -0.2) is 73.2 Å². The number of urea groups is 1. The molecule has 1 unspecified atom stereocenters. The second-order valence-electron chi connectivity index (χ2n) is 9.46. The van der Waals surface area contributed by atoms with E-state index < -0.39 is 12.2 Å². The van der Waals surface area contributed by atoms with Gasteiger partial charge in [-0.1, -0.05) is 12.1 Å². The van der Waals surface area contributed by atoms with Crippen molar-refractivity contribution in [1.82, 2.24) is 15.1 Å². The molecule has 2 fully saturated rings. The van der Waals surface area contributed by atoms with Crippen LogP contribution in [0.2, 0.25) is 0 Å². The van der Waals surface area contributed by atoms with Crippen molar-refractivity contribution >= 4 is 23.5 Å². The number of nitrogens with two attached hydrogens (primary N) is 1. The lowest BCUT2D eigenvalue weighted by Gasteiger charge is -2.32. The lowest BCUT2D eigenvalue weighted by molar-refractivity contribution is -0.141. The number of carbonyl (C=O) groups is 3. The Bertz CT molecular complexity index is 1010. The predicted octanol–water partition coefficient (Wildman–Crippen LogP) is 2.33. The summed E-state index contributed by atoms with van der Waals surface area (Å²) in [5.41, 5.74) is 7.38. The van der Waals surface area contributed by atoms with Gasteiger partial charge in [-0.15, -0.1) is 0 Å². The number of nitrogens with one attached hydrogen (secondary N) is 2. The monoisotopic (exact) mass is 509 g/mol. The zero-order valence-electron chi connectivity index (χ0n) is 21.3. The Morgan fingerprint density at radius 1 is 0.865 bits per heavy atom. The molecule has 1 aliphatic carbocycles. The highest BCUT2D eigenvalue weighted by atomic mass is 16.5. The molecule has 2 aliphatic rings. The van der Waals surface area contributed by atoms with Gasteiger partial charge in [0.25, 0.3) is 5.91 Å². The van der Waals surface area contributed by atoms with Gasteiger partial charge in [0.2, 0.25) is 5.91 Å². The third-order valence-electron chi connectivity index (χ3n) is 6.96. The van der Waals surface area contributed by atoms with Crippen LogP contribution in [-0.2, 0) is 16.0 Å². The maximum Gasteiger partial charge on any atom is 0.323 e. The molecule has 2 aromatic carbocycles. The molecule has 4 N–H and O–H groups in total. The highest BCUT2D eigenvalue weighted by Gasteiger charge is 2.43. The Morgan fingerprint density at radius 2 is 1.43 bits per heavy atom. The normalized spacial score (nSPS) is 21.3. The average Bonchev–Trinajstić information content (AvgIpc) is 3.37. The summed E-state index contributed by atoms with van der Waals surface area (Å²) in [6, 6.07) is 13.8. The van der Waals surface area contributed by atoms with Crippen molar-refractivity contribution in [3.63, 3.8) is 0 Å². The summed E-state index contributed by atoms with van der Waals surface area (Å²) in [4.78, 5) is 43.0. The highest BCUT2D eigenvalue weighted by Crippen LogP contribution is 2.23. The topological polar surface area (TPSA) is 126 Å². The van der Waals surface area contributed by atoms with Crippen molar-refractivity contribution in [3.05, 3.63) is 54.1 Å². The zero-order valence-corrected chi connectivity index (χ0v) is 21.3. The number of hydrogen-bond acceptors (Lipinski definition) is 6. The molecule has 1 atom stereocenters. The van der Waals surface area contributed by atoms with E-state index >= 15 is 0 Å². The average molecular weight is 510 g/mol. The molecule has 1 saturated heterocycles. The van der Waals surface area contributed by atoms with E-state index in [1.54, 1.807) is 50.6 Å². The van der Waals surface area contributed by atoms with E-state index in [1.807, 2.05) is 12.1 Å². The second kappa shape index (κ2) is 12.0. The van der Waals surface area contributed by atoms with Crippen molar-refractivity contribution in [1.29, 1.82) is 0 Å². The number of carbonyl (C=O) groups excluding carboxylic acids is 3. The van der Waals surface area contributed by atoms with Crippen molar-refractivity contribution in [2.45, 2.75) is 50.4 Å². The number of rotatable bonds is 7. The van der Waals surface area contributed by atoms with Gasteiger partial charge in [-0.25, -0.2) is 4.79 Å². The van der Waals surface area contributed by atoms with E-state index in [2.05, 4.69) is 10.6 Å². The fraction of sp³-hybridized carbons (Fsp3) is 0.444. The van der Waals surface area contributed by atoms with Crippen molar-refractivity contribution < 1.29 is 23.9 Å². The Kier molecular flexibility index (Phi) is 8.50. The van der Waals surface area contributed by atoms with E-state index in [0.29, 0.717) is 17.2 Å². The molecule has 1 aliphatic heterocycles. The minimum Gasteiger partial charge on any atom is -0.497 e. The molecule has 10 heteroatoms. The van der Waals surface area contributed by atoms with E-state index in [0.717, 1.165) is 31.2 Å². The van der Waals surface area contributed by atoms with E-state index in [1.165, 1.54) is 9.80 Å². The van der Waals surface area contributed by atoms with Crippen LogP contribution in [0, 0.1) is 0 Å². The maximum absolute atomic E-state index is 13.5. The van der Waals surface area contributed by atoms with Gasteiger partial charge in [-0.05, 0) is 67.6 Å². The van der Waals surface area contributed by atoms with Crippen molar-refractivity contribution in [2.75, 3.05) is 32.6 Å². The first-order chi connectivity index (χ1) is 17.9. The summed E-state index contributed by atoms with van der Waals surface area (Å²) >= 11 is 0. The first-order valence-corrected chi connectivity index (χ1v) is 12.6. The number of amides is 4. The Balaban J connectivity index is 1.50. The van der Waals surface area contributed by atoms with Gasteiger partial charge in [0, 0.05) is 30.9 Å². The summed E-state index contributed by atoms with van der Waals surface area (Å²) in [7, 11) is 3.15. The molecule has 0 bridgehead atoms. The fourth-order valence-electron chi connectivity index (χ4n) is 4.81. The van der Waals surface area contributed by atoms with Crippen LogP contribution in [0.15, 0.2) is 48.5 Å². The van der Waals surface area contributed by atoms with Crippen molar-refractivity contribution in [3.8, 4) is 11.5 Å². The standard InChI is InChI=1S/C27H35N5O5/c1-36-22-11-3-18(4-12-22)17-24(33)31-15-16-32(27(35)30-21-9-13-23(37-2)14-10-21)26(31)25(34)29-20-7-5-19(28)6-8-20/h3-4,9-14,19-20,26H,5-8,15-17,28H2,1-2H3,(H,29,34)(H,30,35). The minimum atomic E-state index is -1.04. The molecular formula is C27H35N5O5. The molecule has 10 nitrogen and oxygen atoms in total. The smallest absolute Gasteiger partial charge is 0.323 e. The maximum atomic E-state index is 13.5. The number of ether oxygens (including phenoxy) is 2. The Morgan fingerprint density at radius 3 is 2.03 bits per heavy atom. The van der Waals surface area contributed by atoms with Gasteiger partial charge >= 0.3 is 6.03 Å². The van der Waals surface area contributed by atoms with Crippen LogP contribution in [0.1, 0.15) is 31.2 Å². The largest absolute Gasteiger partial charge is 0.497 e. The Labute approximate surface area is 217 Å². The van der Waals surface area contributed by atoms with Crippen LogP contribution < -0.4 is 25.8 Å². The van der Waals surface area contributed by atoms with E-state index in [9.17, 15) is 14.4 Å². The molecule has 0 aromatic heterocycles. The van der Waals surface area contributed by atoms with Gasteiger partial charge in [0.15, 0.2) is 6.17 Å². The molecular weight excluding hydrogens is 474 g/mol. The molecule has 0 spiro atoms. The molecule has 1 heterocycles. The summed E-state index contributed by atoms with van der Waals surface area (Å²) in [6.45, 7) is 0.503. The fourth-order valence-corrected chi connectivity index (χ4v) is 4.81. The third-order valence-corrected chi connectivity index (χ3v) is 6.96. The molecule has 4 amide bonds. The summed E-state index contributed by atoms with van der Waals surface area (Å²) in [6.07, 6.45) is 2.28. The van der Waals surface area contributed by atoms with Gasteiger partial charge < -0.3 is 30.7 Å². The number of methoxy groups -OCH3 is 2.